The largest absolute Gasteiger partial charge is 0.468 e. The van der Waals surface area contributed by atoms with Crippen molar-refractivity contribution >= 4 is 5.97 Å². The maximum atomic E-state index is 11.9. The number of esters is 1. The highest BCUT2D eigenvalue weighted by Gasteiger charge is 2.29. The first-order valence-corrected chi connectivity index (χ1v) is 6.20. The Morgan fingerprint density at radius 1 is 1.18 bits per heavy atom. The number of carbonyl (C=O) groups excluding carboxylic acids is 1. The number of nitrogens with zero attached hydrogens (tertiary/aromatic N) is 1. The Hall–Kier alpha value is -1.35. The molecule has 0 N–H and O–H groups in total. The first kappa shape index (κ1) is 12.1. The standard InChI is InChI=1S/C14H19NO2/c1-17-14(16)13(12-8-4-2-5-9-12)15-10-6-3-7-11-15/h2,4-5,8-9,13H,3,6-7,10-11H2,1H3/t13-/m0/s1. The van der Waals surface area contributed by atoms with Crippen LogP contribution in [0.3, 0.4) is 0 Å². The Kier molecular flexibility index (Phi) is 4.15. The summed E-state index contributed by atoms with van der Waals surface area (Å²) >= 11 is 0. The number of rotatable bonds is 3. The number of benzene rings is 1. The van der Waals surface area contributed by atoms with Gasteiger partial charge in [-0.1, -0.05) is 36.8 Å². The summed E-state index contributed by atoms with van der Waals surface area (Å²) in [6, 6.07) is 9.66. The molecular formula is C14H19NO2. The van der Waals surface area contributed by atoms with Crippen LogP contribution in [0, 0.1) is 0 Å². The molecule has 0 amide bonds. The van der Waals surface area contributed by atoms with Crippen LogP contribution in [0.4, 0.5) is 0 Å². The number of hydrogen-bond donors (Lipinski definition) is 0. The molecule has 17 heavy (non-hydrogen) atoms. The molecule has 1 aromatic rings. The molecule has 92 valence electrons. The van der Waals surface area contributed by atoms with E-state index in [1.54, 1.807) is 0 Å². The van der Waals surface area contributed by atoms with Gasteiger partial charge in [-0.25, -0.2) is 4.79 Å². The van der Waals surface area contributed by atoms with Gasteiger partial charge >= 0.3 is 5.97 Å². The highest BCUT2D eigenvalue weighted by atomic mass is 16.5. The highest BCUT2D eigenvalue weighted by molar-refractivity contribution is 5.77. The fraction of sp³-hybridized carbons (Fsp3) is 0.500. The monoisotopic (exact) mass is 233 g/mol. The zero-order chi connectivity index (χ0) is 12.1. The van der Waals surface area contributed by atoms with Gasteiger partial charge in [0, 0.05) is 0 Å². The van der Waals surface area contributed by atoms with Crippen molar-refractivity contribution in [1.29, 1.82) is 0 Å². The third-order valence-corrected chi connectivity index (χ3v) is 3.30. The van der Waals surface area contributed by atoms with Gasteiger partial charge in [-0.3, -0.25) is 4.90 Å². The quantitative estimate of drug-likeness (QED) is 0.751. The normalized spacial score (nSPS) is 18.6. The van der Waals surface area contributed by atoms with Gasteiger partial charge in [0.1, 0.15) is 6.04 Å². The Morgan fingerprint density at radius 3 is 2.41 bits per heavy atom. The molecule has 1 atom stereocenters. The van der Waals surface area contributed by atoms with E-state index in [1.165, 1.54) is 26.4 Å². The van der Waals surface area contributed by atoms with Crippen LogP contribution in [0.5, 0.6) is 0 Å². The number of piperidine rings is 1. The molecule has 1 aromatic carbocycles. The Labute approximate surface area is 102 Å². The van der Waals surface area contributed by atoms with Crippen molar-refractivity contribution in [1.82, 2.24) is 4.90 Å². The molecule has 3 nitrogen and oxygen atoms in total. The van der Waals surface area contributed by atoms with E-state index >= 15 is 0 Å². The summed E-state index contributed by atoms with van der Waals surface area (Å²) in [6.07, 6.45) is 3.60. The van der Waals surface area contributed by atoms with Crippen molar-refractivity contribution in [2.75, 3.05) is 20.2 Å². The van der Waals surface area contributed by atoms with Crippen LogP contribution in [0.15, 0.2) is 30.3 Å². The van der Waals surface area contributed by atoms with Crippen LogP contribution in [0.25, 0.3) is 0 Å². The van der Waals surface area contributed by atoms with Crippen LogP contribution in [-0.2, 0) is 9.53 Å². The number of ether oxygens (including phenoxy) is 1. The molecule has 0 spiro atoms. The minimum absolute atomic E-state index is 0.155. The summed E-state index contributed by atoms with van der Waals surface area (Å²) in [6.45, 7) is 1.96. The molecule has 1 aliphatic heterocycles. The molecule has 3 heteroatoms. The van der Waals surface area contributed by atoms with E-state index in [2.05, 4.69) is 4.90 Å². The van der Waals surface area contributed by atoms with Gasteiger partial charge < -0.3 is 4.74 Å². The maximum absolute atomic E-state index is 11.9. The Bertz CT molecular complexity index is 358. The van der Waals surface area contributed by atoms with Gasteiger partial charge in [0.2, 0.25) is 0 Å². The number of carbonyl (C=O) groups is 1. The van der Waals surface area contributed by atoms with E-state index in [0.717, 1.165) is 18.7 Å². The zero-order valence-electron chi connectivity index (χ0n) is 10.3. The van der Waals surface area contributed by atoms with Crippen molar-refractivity contribution < 1.29 is 9.53 Å². The minimum Gasteiger partial charge on any atom is -0.468 e. The molecule has 0 unspecified atom stereocenters. The summed E-state index contributed by atoms with van der Waals surface area (Å²) in [7, 11) is 1.46. The van der Waals surface area contributed by atoms with E-state index in [0.29, 0.717) is 0 Å². The topological polar surface area (TPSA) is 29.5 Å². The lowest BCUT2D eigenvalue weighted by Crippen LogP contribution is -2.38. The van der Waals surface area contributed by atoms with Gasteiger partial charge in [-0.15, -0.1) is 0 Å². The second-order valence-corrected chi connectivity index (χ2v) is 4.43. The molecule has 2 rings (SSSR count). The van der Waals surface area contributed by atoms with E-state index in [-0.39, 0.29) is 12.0 Å². The Balaban J connectivity index is 2.21. The van der Waals surface area contributed by atoms with Gasteiger partial charge in [0.15, 0.2) is 0 Å². The summed E-state index contributed by atoms with van der Waals surface area (Å²) in [5.74, 6) is -0.155. The molecule has 0 radical (unpaired) electrons. The minimum atomic E-state index is -0.235. The fourth-order valence-electron chi connectivity index (χ4n) is 2.42. The maximum Gasteiger partial charge on any atom is 0.327 e. The van der Waals surface area contributed by atoms with E-state index in [4.69, 9.17) is 4.74 Å². The summed E-state index contributed by atoms with van der Waals surface area (Å²) in [5, 5.41) is 0. The third-order valence-electron chi connectivity index (χ3n) is 3.30. The van der Waals surface area contributed by atoms with E-state index in [9.17, 15) is 4.79 Å². The molecule has 1 heterocycles. The molecule has 0 aliphatic carbocycles. The number of methoxy groups -OCH3 is 1. The lowest BCUT2D eigenvalue weighted by Gasteiger charge is -2.32. The first-order chi connectivity index (χ1) is 8.33. The van der Waals surface area contributed by atoms with Crippen molar-refractivity contribution in [3.05, 3.63) is 35.9 Å². The fourth-order valence-corrected chi connectivity index (χ4v) is 2.42. The van der Waals surface area contributed by atoms with Crippen molar-refractivity contribution in [3.8, 4) is 0 Å². The van der Waals surface area contributed by atoms with E-state index < -0.39 is 0 Å². The van der Waals surface area contributed by atoms with Gasteiger partial charge in [-0.05, 0) is 31.5 Å². The second kappa shape index (κ2) is 5.82. The number of likely N-dealkylation sites (tertiary alicyclic amines) is 1. The van der Waals surface area contributed by atoms with E-state index in [1.807, 2.05) is 30.3 Å². The molecular weight excluding hydrogens is 214 g/mol. The lowest BCUT2D eigenvalue weighted by atomic mass is 10.0. The van der Waals surface area contributed by atoms with Crippen molar-refractivity contribution in [3.63, 3.8) is 0 Å². The highest BCUT2D eigenvalue weighted by Crippen LogP contribution is 2.25. The van der Waals surface area contributed by atoms with Gasteiger partial charge in [0.05, 0.1) is 7.11 Å². The smallest absolute Gasteiger partial charge is 0.327 e. The van der Waals surface area contributed by atoms with Gasteiger partial charge in [-0.2, -0.15) is 0 Å². The molecule has 1 saturated heterocycles. The molecule has 0 saturated carbocycles. The predicted molar refractivity (Wildman–Crippen MR) is 66.6 cm³/mol. The molecule has 0 bridgehead atoms. The van der Waals surface area contributed by atoms with Crippen LogP contribution in [0.2, 0.25) is 0 Å². The molecule has 0 aromatic heterocycles. The molecule has 1 fully saturated rings. The average Bonchev–Trinajstić information content (AvgIpc) is 2.41. The summed E-state index contributed by atoms with van der Waals surface area (Å²) in [4.78, 5) is 14.2. The van der Waals surface area contributed by atoms with Crippen molar-refractivity contribution in [2.45, 2.75) is 25.3 Å². The van der Waals surface area contributed by atoms with Crippen LogP contribution in [0.1, 0.15) is 30.9 Å². The van der Waals surface area contributed by atoms with Crippen LogP contribution in [-0.4, -0.2) is 31.1 Å². The van der Waals surface area contributed by atoms with Crippen molar-refractivity contribution in [2.24, 2.45) is 0 Å². The lowest BCUT2D eigenvalue weighted by molar-refractivity contribution is -0.147. The third kappa shape index (κ3) is 2.86. The second-order valence-electron chi connectivity index (χ2n) is 4.43. The predicted octanol–water partition coefficient (Wildman–Crippen LogP) is 2.39. The average molecular weight is 233 g/mol. The SMILES string of the molecule is COC(=O)[C@H](c1ccccc1)N1CCCCC1. The molecule has 1 aliphatic rings. The van der Waals surface area contributed by atoms with Crippen LogP contribution >= 0.6 is 0 Å². The summed E-state index contributed by atoms with van der Waals surface area (Å²) in [5.41, 5.74) is 1.03. The van der Waals surface area contributed by atoms with Crippen LogP contribution < -0.4 is 0 Å². The summed E-state index contributed by atoms with van der Waals surface area (Å²) < 4.78 is 4.94. The van der Waals surface area contributed by atoms with Gasteiger partial charge in [0.25, 0.3) is 0 Å². The zero-order valence-corrected chi connectivity index (χ0v) is 10.3. The Morgan fingerprint density at radius 2 is 1.82 bits per heavy atom. The first-order valence-electron chi connectivity index (χ1n) is 6.20. The number of hydrogen-bond acceptors (Lipinski definition) is 3.